The Labute approximate surface area is 141 Å². The number of alkyl halides is 3. The molecule has 0 radical (unpaired) electrons. The number of nitrogens with zero attached hydrogens (tertiary/aromatic N) is 3. The lowest BCUT2D eigenvalue weighted by Gasteiger charge is -2.19. The van der Waals surface area contributed by atoms with Gasteiger partial charge in [-0.1, -0.05) is 0 Å². The molecule has 0 fully saturated rings. The van der Waals surface area contributed by atoms with Crippen molar-refractivity contribution in [3.63, 3.8) is 0 Å². The third-order valence-corrected chi connectivity index (χ3v) is 3.43. The average molecular weight is 360 g/mol. The van der Waals surface area contributed by atoms with Crippen molar-refractivity contribution in [2.45, 2.75) is 45.5 Å². The molecular weight excluding hydrogens is 341 g/mol. The number of carbonyl (C=O) groups excluding carboxylic acids is 1. The van der Waals surface area contributed by atoms with Gasteiger partial charge in [0.2, 0.25) is 0 Å². The van der Waals surface area contributed by atoms with Crippen LogP contribution in [0.4, 0.5) is 23.7 Å². The number of aromatic nitrogens is 3. The molecule has 0 saturated heterocycles. The van der Waals surface area contributed by atoms with Crippen molar-refractivity contribution < 1.29 is 22.7 Å². The predicted octanol–water partition coefficient (Wildman–Crippen LogP) is 3.21. The van der Waals surface area contributed by atoms with E-state index in [1.54, 1.807) is 27.8 Å². The molecule has 138 valence electrons. The third-order valence-electron chi connectivity index (χ3n) is 3.43. The van der Waals surface area contributed by atoms with Gasteiger partial charge in [0.25, 0.3) is 5.56 Å². The second-order valence-electron chi connectivity index (χ2n) is 6.65. The first-order chi connectivity index (χ1) is 11.3. The van der Waals surface area contributed by atoms with Gasteiger partial charge in [0, 0.05) is 13.2 Å². The van der Waals surface area contributed by atoms with E-state index in [1.165, 1.54) is 10.8 Å². The van der Waals surface area contributed by atoms with Gasteiger partial charge in [-0.2, -0.15) is 13.2 Å². The molecule has 0 saturated carbocycles. The summed E-state index contributed by atoms with van der Waals surface area (Å²) in [6.07, 6.45) is -3.18. The van der Waals surface area contributed by atoms with Crippen LogP contribution < -0.4 is 10.9 Å². The smallest absolute Gasteiger partial charge is 0.412 e. The largest absolute Gasteiger partial charge is 0.444 e. The first-order valence-corrected chi connectivity index (χ1v) is 7.44. The van der Waals surface area contributed by atoms with Gasteiger partial charge in [-0.15, -0.1) is 0 Å². The second-order valence-corrected chi connectivity index (χ2v) is 6.65. The van der Waals surface area contributed by atoms with Crippen LogP contribution in [0, 0.1) is 0 Å². The highest BCUT2D eigenvalue weighted by Gasteiger charge is 2.38. The Kier molecular flexibility index (Phi) is 4.58. The van der Waals surface area contributed by atoms with Crippen molar-refractivity contribution in [1.82, 2.24) is 14.1 Å². The Morgan fingerprint density at radius 1 is 1.32 bits per heavy atom. The van der Waals surface area contributed by atoms with E-state index in [4.69, 9.17) is 4.74 Å². The van der Waals surface area contributed by atoms with Gasteiger partial charge >= 0.3 is 12.3 Å². The Morgan fingerprint density at radius 2 is 1.92 bits per heavy atom. The summed E-state index contributed by atoms with van der Waals surface area (Å²) in [7, 11) is 1.56. The fourth-order valence-electron chi connectivity index (χ4n) is 2.22. The van der Waals surface area contributed by atoms with E-state index in [-0.39, 0.29) is 16.7 Å². The number of rotatable bonds is 2. The van der Waals surface area contributed by atoms with Crippen LogP contribution in [0.25, 0.3) is 11.0 Å². The van der Waals surface area contributed by atoms with Crippen LogP contribution in [-0.2, 0) is 11.8 Å². The predicted molar refractivity (Wildman–Crippen MR) is 85.6 cm³/mol. The fraction of sp³-hybridized carbons (Fsp3) is 0.533. The number of halogens is 3. The molecule has 0 aliphatic heterocycles. The normalized spacial score (nSPS) is 13.8. The van der Waals surface area contributed by atoms with Gasteiger partial charge in [0.1, 0.15) is 29.0 Å². The summed E-state index contributed by atoms with van der Waals surface area (Å²) in [5.41, 5.74) is -1.48. The van der Waals surface area contributed by atoms with Crippen LogP contribution >= 0.6 is 0 Å². The average Bonchev–Trinajstić information content (AvgIpc) is 2.72. The standard InChI is InChI=1S/C15H19F3N4O3/c1-8(15(16,17)18)22-7-19-11-10(12(22)23)9(6-21(11)5)20-13(24)25-14(2,3)4/h6-8H,1-5H3,(H,20,24). The molecule has 1 N–H and O–H groups in total. The molecule has 0 aliphatic rings. The number of carbonyl (C=O) groups is 1. The van der Waals surface area contributed by atoms with Crippen molar-refractivity contribution >= 4 is 22.8 Å². The number of ether oxygens (including phenoxy) is 1. The van der Waals surface area contributed by atoms with Crippen molar-refractivity contribution in [3.05, 3.63) is 22.9 Å². The van der Waals surface area contributed by atoms with Gasteiger partial charge in [-0.25, -0.2) is 9.78 Å². The first kappa shape index (κ1) is 18.8. The Hall–Kier alpha value is -2.52. The summed E-state index contributed by atoms with van der Waals surface area (Å²) in [5, 5.41) is 2.27. The first-order valence-electron chi connectivity index (χ1n) is 7.44. The molecular formula is C15H19F3N4O3. The summed E-state index contributed by atoms with van der Waals surface area (Å²) >= 11 is 0. The van der Waals surface area contributed by atoms with Gasteiger partial charge in [0.05, 0.1) is 5.69 Å². The van der Waals surface area contributed by atoms with Crippen LogP contribution in [0.15, 0.2) is 17.3 Å². The number of amides is 1. The molecule has 7 nitrogen and oxygen atoms in total. The Morgan fingerprint density at radius 3 is 2.44 bits per heavy atom. The summed E-state index contributed by atoms with van der Waals surface area (Å²) in [6.45, 7) is 5.85. The lowest BCUT2D eigenvalue weighted by atomic mass is 10.2. The van der Waals surface area contributed by atoms with E-state index in [0.717, 1.165) is 13.3 Å². The van der Waals surface area contributed by atoms with Crippen molar-refractivity contribution in [3.8, 4) is 0 Å². The molecule has 2 aromatic rings. The number of fused-ring (bicyclic) bond motifs is 1. The molecule has 0 spiro atoms. The maximum absolute atomic E-state index is 12.9. The maximum atomic E-state index is 12.9. The molecule has 10 heteroatoms. The lowest BCUT2D eigenvalue weighted by Crippen LogP contribution is -2.33. The van der Waals surface area contributed by atoms with Gasteiger partial charge in [-0.05, 0) is 27.7 Å². The number of hydrogen-bond acceptors (Lipinski definition) is 4. The monoisotopic (exact) mass is 360 g/mol. The van der Waals surface area contributed by atoms with Crippen LogP contribution in [0.5, 0.6) is 0 Å². The molecule has 2 aromatic heterocycles. The molecule has 2 rings (SSSR count). The molecule has 0 aromatic carbocycles. The van der Waals surface area contributed by atoms with Crippen LogP contribution in [-0.4, -0.2) is 32.0 Å². The zero-order chi connectivity index (χ0) is 19.2. The quantitative estimate of drug-likeness (QED) is 0.892. The molecule has 1 unspecified atom stereocenters. The molecule has 1 amide bonds. The summed E-state index contributed by atoms with van der Waals surface area (Å²) in [6, 6.07) is -2.05. The number of nitrogens with one attached hydrogen (secondary N) is 1. The molecule has 2 heterocycles. The minimum Gasteiger partial charge on any atom is -0.444 e. The van der Waals surface area contributed by atoms with Gasteiger partial charge in [-0.3, -0.25) is 14.7 Å². The van der Waals surface area contributed by atoms with Crippen LogP contribution in [0.1, 0.15) is 33.7 Å². The van der Waals surface area contributed by atoms with Crippen LogP contribution in [0.2, 0.25) is 0 Å². The van der Waals surface area contributed by atoms with E-state index in [2.05, 4.69) is 10.3 Å². The number of hydrogen-bond donors (Lipinski definition) is 1. The zero-order valence-corrected chi connectivity index (χ0v) is 14.4. The van der Waals surface area contributed by atoms with E-state index < -0.39 is 29.5 Å². The highest BCUT2D eigenvalue weighted by atomic mass is 19.4. The molecule has 25 heavy (non-hydrogen) atoms. The highest BCUT2D eigenvalue weighted by molar-refractivity contribution is 5.98. The van der Waals surface area contributed by atoms with Gasteiger partial charge < -0.3 is 9.30 Å². The minimum atomic E-state index is -4.60. The molecule has 0 aliphatic carbocycles. The summed E-state index contributed by atoms with van der Waals surface area (Å²) in [4.78, 5) is 28.4. The minimum absolute atomic E-state index is 0.0352. The SMILES string of the molecule is CC(n1cnc2c(c(NC(=O)OC(C)(C)C)cn2C)c1=O)C(F)(F)F. The maximum Gasteiger partial charge on any atom is 0.412 e. The third kappa shape index (κ3) is 3.94. The van der Waals surface area contributed by atoms with E-state index in [9.17, 15) is 22.8 Å². The van der Waals surface area contributed by atoms with Crippen molar-refractivity contribution in [1.29, 1.82) is 0 Å². The van der Waals surface area contributed by atoms with Crippen LogP contribution in [0.3, 0.4) is 0 Å². The summed E-state index contributed by atoms with van der Waals surface area (Å²) in [5.74, 6) is 0. The van der Waals surface area contributed by atoms with Crippen molar-refractivity contribution in [2.75, 3.05) is 5.32 Å². The van der Waals surface area contributed by atoms with Gasteiger partial charge in [0.15, 0.2) is 0 Å². The van der Waals surface area contributed by atoms with Crippen molar-refractivity contribution in [2.24, 2.45) is 7.05 Å². The second kappa shape index (κ2) is 6.08. The highest BCUT2D eigenvalue weighted by Crippen LogP contribution is 2.29. The Balaban J connectivity index is 2.52. The van der Waals surface area contributed by atoms with E-state index >= 15 is 0 Å². The summed E-state index contributed by atoms with van der Waals surface area (Å²) < 4.78 is 45.8. The fourth-order valence-corrected chi connectivity index (χ4v) is 2.22. The number of anilines is 1. The lowest BCUT2D eigenvalue weighted by molar-refractivity contribution is -0.163. The molecule has 1 atom stereocenters. The van der Waals surface area contributed by atoms with E-state index in [1.807, 2.05) is 0 Å². The molecule has 0 bridgehead atoms. The Bertz CT molecular complexity index is 862. The topological polar surface area (TPSA) is 78.2 Å². The number of aryl methyl sites for hydroxylation is 1. The zero-order valence-electron chi connectivity index (χ0n) is 14.4. The van der Waals surface area contributed by atoms with E-state index in [0.29, 0.717) is 4.57 Å².